The van der Waals surface area contributed by atoms with Gasteiger partial charge in [0.15, 0.2) is 5.78 Å². The highest BCUT2D eigenvalue weighted by atomic mass is 79.9. The molecule has 1 aliphatic heterocycles. The molecule has 0 spiro atoms. The van der Waals surface area contributed by atoms with Crippen LogP contribution in [0.25, 0.3) is 11.3 Å². The van der Waals surface area contributed by atoms with Gasteiger partial charge in [-0.3, -0.25) is 9.59 Å². The number of hydrogen-bond donors (Lipinski definition) is 1. The highest BCUT2D eigenvalue weighted by Crippen LogP contribution is 2.33. The molecular weight excluding hydrogens is 414 g/mol. The number of hydrogen-bond acceptors (Lipinski definition) is 3. The van der Waals surface area contributed by atoms with Gasteiger partial charge in [-0.05, 0) is 35.4 Å². The van der Waals surface area contributed by atoms with Gasteiger partial charge in [0.05, 0.1) is 17.0 Å². The van der Waals surface area contributed by atoms with E-state index in [4.69, 9.17) is 0 Å². The van der Waals surface area contributed by atoms with Crippen molar-refractivity contribution in [2.75, 3.05) is 0 Å². The normalized spacial score (nSPS) is 15.0. The first-order valence-corrected chi connectivity index (χ1v) is 9.61. The molecule has 4 rings (SSSR count). The van der Waals surface area contributed by atoms with Crippen molar-refractivity contribution >= 4 is 38.8 Å². The van der Waals surface area contributed by atoms with Crippen LogP contribution >= 0.6 is 15.9 Å². The third-order valence-corrected chi connectivity index (χ3v) is 5.04. The SMILES string of the molecule is O=C1C(=CC(=O)c2ccc(Br)cc2)NC(c2ccccc2)=C1c1ccccc1. The molecule has 0 saturated heterocycles. The van der Waals surface area contributed by atoms with E-state index in [1.165, 1.54) is 6.08 Å². The Morgan fingerprint density at radius 1 is 0.786 bits per heavy atom. The fraction of sp³-hybridized carbons (Fsp3) is 0. The first-order chi connectivity index (χ1) is 13.6. The van der Waals surface area contributed by atoms with E-state index in [1.54, 1.807) is 24.3 Å². The maximum absolute atomic E-state index is 13.2. The van der Waals surface area contributed by atoms with E-state index in [0.29, 0.717) is 16.8 Å². The van der Waals surface area contributed by atoms with Crippen molar-refractivity contribution in [1.29, 1.82) is 0 Å². The average molecular weight is 430 g/mol. The van der Waals surface area contributed by atoms with E-state index in [-0.39, 0.29) is 17.3 Å². The lowest BCUT2D eigenvalue weighted by Gasteiger charge is -2.06. The van der Waals surface area contributed by atoms with Gasteiger partial charge in [0, 0.05) is 16.1 Å². The molecule has 0 unspecified atom stereocenters. The summed E-state index contributed by atoms with van der Waals surface area (Å²) >= 11 is 3.36. The third kappa shape index (κ3) is 3.59. The minimum Gasteiger partial charge on any atom is -0.351 e. The van der Waals surface area contributed by atoms with E-state index >= 15 is 0 Å². The highest BCUT2D eigenvalue weighted by molar-refractivity contribution is 9.10. The van der Waals surface area contributed by atoms with Crippen molar-refractivity contribution in [3.8, 4) is 0 Å². The van der Waals surface area contributed by atoms with Crippen LogP contribution in [0.2, 0.25) is 0 Å². The van der Waals surface area contributed by atoms with Crippen molar-refractivity contribution in [3.63, 3.8) is 0 Å². The summed E-state index contributed by atoms with van der Waals surface area (Å²) in [6, 6.07) is 26.2. The lowest BCUT2D eigenvalue weighted by atomic mass is 9.98. The zero-order valence-electron chi connectivity index (χ0n) is 14.9. The van der Waals surface area contributed by atoms with Crippen LogP contribution < -0.4 is 5.32 Å². The van der Waals surface area contributed by atoms with Crippen LogP contribution in [0.5, 0.6) is 0 Å². The zero-order chi connectivity index (χ0) is 19.5. The van der Waals surface area contributed by atoms with Gasteiger partial charge in [0.2, 0.25) is 5.78 Å². The number of carbonyl (C=O) groups is 2. The Labute approximate surface area is 171 Å². The van der Waals surface area contributed by atoms with Crippen LogP contribution in [0.15, 0.2) is 101 Å². The molecule has 0 aromatic heterocycles. The number of allylic oxidation sites excluding steroid dienone is 2. The van der Waals surface area contributed by atoms with Crippen molar-refractivity contribution in [2.24, 2.45) is 0 Å². The summed E-state index contributed by atoms with van der Waals surface area (Å²) in [6.45, 7) is 0. The summed E-state index contributed by atoms with van der Waals surface area (Å²) in [4.78, 5) is 25.8. The van der Waals surface area contributed by atoms with E-state index in [0.717, 1.165) is 15.6 Å². The molecule has 28 heavy (non-hydrogen) atoms. The molecule has 3 aromatic rings. The van der Waals surface area contributed by atoms with Crippen LogP contribution in [0, 0.1) is 0 Å². The van der Waals surface area contributed by atoms with Crippen molar-refractivity contribution < 1.29 is 9.59 Å². The Balaban J connectivity index is 1.75. The Kier molecular flexibility index (Phi) is 5.04. The molecule has 0 radical (unpaired) electrons. The first kappa shape index (κ1) is 18.1. The minimum atomic E-state index is -0.218. The molecular formula is C24H16BrNO2. The van der Waals surface area contributed by atoms with E-state index in [2.05, 4.69) is 21.2 Å². The molecule has 1 aliphatic rings. The fourth-order valence-electron chi connectivity index (χ4n) is 3.13. The number of carbonyl (C=O) groups excluding carboxylic acids is 2. The molecule has 0 bridgehead atoms. The molecule has 3 aromatic carbocycles. The summed E-state index contributed by atoms with van der Waals surface area (Å²) in [5.74, 6) is -0.402. The Bertz CT molecular complexity index is 1100. The summed E-state index contributed by atoms with van der Waals surface area (Å²) in [7, 11) is 0. The lowest BCUT2D eigenvalue weighted by Crippen LogP contribution is -2.12. The van der Waals surface area contributed by atoms with E-state index in [1.807, 2.05) is 60.7 Å². The number of rotatable bonds is 4. The van der Waals surface area contributed by atoms with Gasteiger partial charge in [-0.2, -0.15) is 0 Å². The second kappa shape index (κ2) is 7.79. The van der Waals surface area contributed by atoms with Gasteiger partial charge >= 0.3 is 0 Å². The van der Waals surface area contributed by atoms with Crippen LogP contribution in [-0.2, 0) is 4.79 Å². The quantitative estimate of drug-likeness (QED) is 0.454. The summed E-state index contributed by atoms with van der Waals surface area (Å²) in [5.41, 5.74) is 3.81. The standard InChI is InChI=1S/C24H16BrNO2/c25-19-13-11-16(12-14-19)21(27)15-20-24(28)22(17-7-3-1-4-8-17)23(26-20)18-9-5-2-6-10-18/h1-15,26H. The number of Topliss-reactive ketones (excluding diaryl/α,β-unsaturated/α-hetero) is 1. The van der Waals surface area contributed by atoms with Crippen LogP contribution in [0.4, 0.5) is 0 Å². The largest absolute Gasteiger partial charge is 0.351 e. The summed E-state index contributed by atoms with van der Waals surface area (Å²) < 4.78 is 0.895. The van der Waals surface area contributed by atoms with Gasteiger partial charge in [0.25, 0.3) is 0 Å². The van der Waals surface area contributed by atoms with Gasteiger partial charge in [0.1, 0.15) is 0 Å². The number of halogens is 1. The maximum Gasteiger partial charge on any atom is 0.212 e. The molecule has 136 valence electrons. The Hall–Kier alpha value is -3.24. The van der Waals surface area contributed by atoms with Crippen molar-refractivity contribution in [3.05, 3.63) is 118 Å². The topological polar surface area (TPSA) is 46.2 Å². The Morgan fingerprint density at radius 2 is 1.36 bits per heavy atom. The second-order valence-corrected chi connectivity index (χ2v) is 7.28. The molecule has 0 saturated carbocycles. The lowest BCUT2D eigenvalue weighted by molar-refractivity contribution is -0.110. The maximum atomic E-state index is 13.2. The smallest absolute Gasteiger partial charge is 0.212 e. The second-order valence-electron chi connectivity index (χ2n) is 6.37. The van der Waals surface area contributed by atoms with Crippen molar-refractivity contribution in [2.45, 2.75) is 0 Å². The molecule has 1 N–H and O–H groups in total. The molecule has 0 amide bonds. The monoisotopic (exact) mass is 429 g/mol. The van der Waals surface area contributed by atoms with Crippen LogP contribution in [0.1, 0.15) is 21.5 Å². The molecule has 0 aliphatic carbocycles. The summed E-state index contributed by atoms with van der Waals surface area (Å²) in [6.07, 6.45) is 1.38. The predicted molar refractivity (Wildman–Crippen MR) is 114 cm³/mol. The zero-order valence-corrected chi connectivity index (χ0v) is 16.4. The van der Waals surface area contributed by atoms with E-state index < -0.39 is 0 Å². The average Bonchev–Trinajstić information content (AvgIpc) is 3.06. The predicted octanol–water partition coefficient (Wildman–Crippen LogP) is 5.26. The number of nitrogens with one attached hydrogen (secondary N) is 1. The molecule has 3 nitrogen and oxygen atoms in total. The van der Waals surface area contributed by atoms with Gasteiger partial charge < -0.3 is 5.32 Å². The molecule has 0 fully saturated rings. The van der Waals surface area contributed by atoms with E-state index in [9.17, 15) is 9.59 Å². The highest BCUT2D eigenvalue weighted by Gasteiger charge is 2.30. The van der Waals surface area contributed by atoms with Crippen molar-refractivity contribution in [1.82, 2.24) is 5.32 Å². The fourth-order valence-corrected chi connectivity index (χ4v) is 3.40. The molecule has 0 atom stereocenters. The molecule has 1 heterocycles. The third-order valence-electron chi connectivity index (χ3n) is 4.51. The first-order valence-electron chi connectivity index (χ1n) is 8.82. The number of benzene rings is 3. The van der Waals surface area contributed by atoms with Gasteiger partial charge in [-0.1, -0.05) is 76.6 Å². The number of ketones is 2. The minimum absolute atomic E-state index is 0.185. The Morgan fingerprint density at radius 3 is 1.96 bits per heavy atom. The van der Waals surface area contributed by atoms with Gasteiger partial charge in [-0.25, -0.2) is 0 Å². The van der Waals surface area contributed by atoms with Crippen LogP contribution in [-0.4, -0.2) is 11.6 Å². The molecule has 4 heteroatoms. The van der Waals surface area contributed by atoms with Gasteiger partial charge in [-0.15, -0.1) is 0 Å². The van der Waals surface area contributed by atoms with Crippen LogP contribution in [0.3, 0.4) is 0 Å². The summed E-state index contributed by atoms with van der Waals surface area (Å²) in [5, 5.41) is 3.18.